The summed E-state index contributed by atoms with van der Waals surface area (Å²) in [6.45, 7) is 6.57. The molecule has 2 aliphatic heterocycles. The van der Waals surface area contributed by atoms with Gasteiger partial charge in [-0.2, -0.15) is 0 Å². The number of phenols is 1. The zero-order chi connectivity index (χ0) is 21.9. The van der Waals surface area contributed by atoms with Crippen molar-refractivity contribution in [3.05, 3.63) is 53.1 Å². The van der Waals surface area contributed by atoms with Crippen LogP contribution in [0.25, 0.3) is 16.7 Å². The van der Waals surface area contributed by atoms with Gasteiger partial charge in [0.2, 0.25) is 0 Å². The summed E-state index contributed by atoms with van der Waals surface area (Å²) in [6.07, 6.45) is 6.08. The van der Waals surface area contributed by atoms with Crippen molar-refractivity contribution in [3.63, 3.8) is 0 Å². The van der Waals surface area contributed by atoms with Gasteiger partial charge in [-0.05, 0) is 68.5 Å². The van der Waals surface area contributed by atoms with Gasteiger partial charge in [0.25, 0.3) is 0 Å². The SMILES string of the molecule is COc1c(O)ccc2c1-c1ccc3c(c1[C@H]([C@@H]1C=C(CO)CC1)O2)C(C)=CC(C)(C)N3. The van der Waals surface area contributed by atoms with Gasteiger partial charge in [0, 0.05) is 22.7 Å². The third-order valence-corrected chi connectivity index (χ3v) is 6.63. The van der Waals surface area contributed by atoms with Crippen LogP contribution in [0.2, 0.25) is 0 Å². The number of aromatic hydroxyl groups is 1. The van der Waals surface area contributed by atoms with Crippen molar-refractivity contribution >= 4 is 11.3 Å². The van der Waals surface area contributed by atoms with Crippen molar-refractivity contribution < 1.29 is 19.7 Å². The first-order valence-corrected chi connectivity index (χ1v) is 10.9. The molecule has 2 aromatic rings. The molecular formula is C26H29NO4. The van der Waals surface area contributed by atoms with Crippen LogP contribution in [0.15, 0.2) is 42.0 Å². The van der Waals surface area contributed by atoms with Crippen LogP contribution in [0, 0.1) is 5.92 Å². The number of fused-ring (bicyclic) bond motifs is 5. The summed E-state index contributed by atoms with van der Waals surface area (Å²) >= 11 is 0. The Kier molecular flexibility index (Phi) is 4.56. The van der Waals surface area contributed by atoms with Gasteiger partial charge in [-0.3, -0.25) is 0 Å². The minimum atomic E-state index is -0.179. The Balaban J connectivity index is 1.78. The van der Waals surface area contributed by atoms with Crippen LogP contribution in [0.5, 0.6) is 17.2 Å². The topological polar surface area (TPSA) is 71.0 Å². The number of phenolic OH excluding ortho intramolecular Hbond substituents is 1. The molecule has 0 spiro atoms. The first kappa shape index (κ1) is 20.0. The Morgan fingerprint density at radius 3 is 2.71 bits per heavy atom. The molecule has 31 heavy (non-hydrogen) atoms. The summed E-state index contributed by atoms with van der Waals surface area (Å²) in [4.78, 5) is 0. The second-order valence-corrected chi connectivity index (χ2v) is 9.34. The lowest BCUT2D eigenvalue weighted by atomic mass is 9.78. The molecule has 3 N–H and O–H groups in total. The smallest absolute Gasteiger partial charge is 0.172 e. The van der Waals surface area contributed by atoms with E-state index < -0.39 is 0 Å². The van der Waals surface area contributed by atoms with Gasteiger partial charge in [-0.25, -0.2) is 0 Å². The van der Waals surface area contributed by atoms with Gasteiger partial charge in [0.05, 0.1) is 24.8 Å². The average Bonchev–Trinajstić information content (AvgIpc) is 3.21. The van der Waals surface area contributed by atoms with Gasteiger partial charge in [-0.15, -0.1) is 0 Å². The highest BCUT2D eigenvalue weighted by Crippen LogP contribution is 2.56. The molecule has 5 rings (SSSR count). The van der Waals surface area contributed by atoms with Gasteiger partial charge >= 0.3 is 0 Å². The van der Waals surface area contributed by atoms with E-state index in [1.807, 2.05) is 6.07 Å². The zero-order valence-electron chi connectivity index (χ0n) is 18.5. The number of aliphatic hydroxyl groups is 1. The summed E-state index contributed by atoms with van der Waals surface area (Å²) < 4.78 is 12.2. The molecule has 0 aromatic heterocycles. The van der Waals surface area contributed by atoms with Gasteiger partial charge in [-0.1, -0.05) is 18.2 Å². The van der Waals surface area contributed by atoms with Crippen molar-refractivity contribution in [3.8, 4) is 28.4 Å². The Morgan fingerprint density at radius 1 is 1.19 bits per heavy atom. The predicted octanol–water partition coefficient (Wildman–Crippen LogP) is 5.44. The van der Waals surface area contributed by atoms with Gasteiger partial charge < -0.3 is 25.0 Å². The fourth-order valence-electron chi connectivity index (χ4n) is 5.46. The van der Waals surface area contributed by atoms with Crippen LogP contribution in [-0.4, -0.2) is 29.5 Å². The van der Waals surface area contributed by atoms with E-state index in [4.69, 9.17) is 9.47 Å². The largest absolute Gasteiger partial charge is 0.504 e. The molecule has 0 fully saturated rings. The molecule has 0 bridgehead atoms. The normalized spacial score (nSPS) is 22.9. The lowest BCUT2D eigenvalue weighted by molar-refractivity contribution is 0.153. The average molecular weight is 420 g/mol. The molecule has 3 aliphatic rings. The molecule has 2 atom stereocenters. The summed E-state index contributed by atoms with van der Waals surface area (Å²) in [5.41, 5.74) is 7.31. The molecule has 0 amide bonds. The highest BCUT2D eigenvalue weighted by Gasteiger charge is 2.39. The number of ether oxygens (including phenoxy) is 2. The second kappa shape index (κ2) is 7.06. The molecule has 5 heteroatoms. The molecule has 0 saturated carbocycles. The van der Waals surface area contributed by atoms with Crippen molar-refractivity contribution in [2.24, 2.45) is 5.92 Å². The summed E-state index contributed by atoms with van der Waals surface area (Å²) in [5, 5.41) is 23.8. The summed E-state index contributed by atoms with van der Waals surface area (Å²) in [5.74, 6) is 1.41. The Labute approximate surface area is 183 Å². The number of hydrogen-bond donors (Lipinski definition) is 3. The van der Waals surface area contributed by atoms with Gasteiger partial charge in [0.1, 0.15) is 11.9 Å². The monoisotopic (exact) mass is 419 g/mol. The highest BCUT2D eigenvalue weighted by atomic mass is 16.5. The van der Waals surface area contributed by atoms with Crippen molar-refractivity contribution in [2.45, 2.75) is 45.3 Å². The number of anilines is 1. The number of methoxy groups -OCH3 is 1. The van der Waals surface area contributed by atoms with Crippen LogP contribution >= 0.6 is 0 Å². The minimum absolute atomic E-state index is 0.0932. The zero-order valence-corrected chi connectivity index (χ0v) is 18.5. The van der Waals surface area contributed by atoms with E-state index in [-0.39, 0.29) is 29.9 Å². The molecule has 0 saturated heterocycles. The molecule has 0 unspecified atom stereocenters. The number of benzene rings is 2. The minimum Gasteiger partial charge on any atom is -0.504 e. The van der Waals surface area contributed by atoms with Gasteiger partial charge in [0.15, 0.2) is 11.5 Å². The molecule has 1 aliphatic carbocycles. The number of aliphatic hydroxyl groups excluding tert-OH is 1. The number of allylic oxidation sites excluding steroid dienone is 1. The maximum absolute atomic E-state index is 10.5. The maximum atomic E-state index is 10.5. The first-order valence-electron chi connectivity index (χ1n) is 10.9. The Hall–Kier alpha value is -2.92. The van der Waals surface area contributed by atoms with Crippen LogP contribution in [0.4, 0.5) is 5.69 Å². The lowest BCUT2D eigenvalue weighted by Crippen LogP contribution is -2.33. The third-order valence-electron chi connectivity index (χ3n) is 6.63. The fourth-order valence-corrected chi connectivity index (χ4v) is 5.46. The highest BCUT2D eigenvalue weighted by molar-refractivity contribution is 5.92. The maximum Gasteiger partial charge on any atom is 0.172 e. The van der Waals surface area contributed by atoms with Crippen molar-refractivity contribution in [2.75, 3.05) is 19.0 Å². The van der Waals surface area contributed by atoms with Crippen LogP contribution in [0.1, 0.15) is 50.8 Å². The van der Waals surface area contributed by atoms with E-state index in [2.05, 4.69) is 50.4 Å². The standard InChI is InChI=1S/C26H29NO4/c1-14-12-26(2,3)27-18-8-7-17-22-20(10-9-19(29)25(22)30-4)31-24(23(17)21(14)18)16-6-5-15(11-16)13-28/h7-12,16,24,27-29H,5-6,13H2,1-4H3/t16-,24-/m0/s1. The van der Waals surface area contributed by atoms with Crippen molar-refractivity contribution in [1.82, 2.24) is 0 Å². The molecule has 0 radical (unpaired) electrons. The van der Waals surface area contributed by atoms with Crippen LogP contribution < -0.4 is 14.8 Å². The van der Waals surface area contributed by atoms with E-state index in [0.29, 0.717) is 11.5 Å². The van der Waals surface area contributed by atoms with E-state index in [1.54, 1.807) is 13.2 Å². The van der Waals surface area contributed by atoms with E-state index in [1.165, 1.54) is 5.57 Å². The predicted molar refractivity (Wildman–Crippen MR) is 123 cm³/mol. The number of nitrogens with one attached hydrogen (secondary N) is 1. The van der Waals surface area contributed by atoms with Crippen LogP contribution in [-0.2, 0) is 0 Å². The second-order valence-electron chi connectivity index (χ2n) is 9.34. The number of hydrogen-bond acceptors (Lipinski definition) is 5. The van der Waals surface area contributed by atoms with Crippen molar-refractivity contribution in [1.29, 1.82) is 0 Å². The molecule has 2 aromatic carbocycles. The molecule has 2 heterocycles. The Morgan fingerprint density at radius 2 is 2.00 bits per heavy atom. The fraction of sp³-hybridized carbons (Fsp3) is 0.385. The van der Waals surface area contributed by atoms with E-state index >= 15 is 0 Å². The summed E-state index contributed by atoms with van der Waals surface area (Å²) in [7, 11) is 1.57. The lowest BCUT2D eigenvalue weighted by Gasteiger charge is -2.38. The quantitative estimate of drug-likeness (QED) is 0.578. The third kappa shape index (κ3) is 3.10. The summed E-state index contributed by atoms with van der Waals surface area (Å²) in [6, 6.07) is 7.67. The molecule has 5 nitrogen and oxygen atoms in total. The number of rotatable bonds is 3. The first-order chi connectivity index (χ1) is 14.8. The van der Waals surface area contributed by atoms with E-state index in [0.717, 1.165) is 46.4 Å². The van der Waals surface area contributed by atoms with Crippen LogP contribution in [0.3, 0.4) is 0 Å². The molecular weight excluding hydrogens is 390 g/mol. The Bertz CT molecular complexity index is 1130. The molecule has 162 valence electrons. The van der Waals surface area contributed by atoms with E-state index in [9.17, 15) is 10.2 Å².